The molecule has 11 nitrogen and oxygen atoms in total. The summed E-state index contributed by atoms with van der Waals surface area (Å²) in [6.45, 7) is 1.46. The highest BCUT2D eigenvalue weighted by atomic mass is 19.4. The van der Waals surface area contributed by atoms with E-state index >= 15 is 0 Å². The van der Waals surface area contributed by atoms with Gasteiger partial charge in [0.15, 0.2) is 5.69 Å². The first-order chi connectivity index (χ1) is 18.7. The minimum atomic E-state index is -4.72. The quantitative estimate of drug-likeness (QED) is 0.214. The van der Waals surface area contributed by atoms with E-state index in [1.807, 2.05) is 6.92 Å². The van der Waals surface area contributed by atoms with Crippen LogP contribution in [-0.4, -0.2) is 56.4 Å². The molecule has 0 amide bonds. The molecule has 14 heteroatoms. The topological polar surface area (TPSA) is 138 Å². The molecule has 0 fully saturated rings. The molecule has 0 aliphatic carbocycles. The molecule has 1 aromatic carbocycles. The SMILES string of the molecule is CCc1cc(Oc2nccn3c(-c4conc4C(F)(F)F)cnc23)ccc1C(=O)OCCOC(=O)CCCO. The van der Waals surface area contributed by atoms with Crippen molar-refractivity contribution in [3.05, 3.63) is 59.9 Å². The molecule has 4 aromatic rings. The van der Waals surface area contributed by atoms with Gasteiger partial charge < -0.3 is 23.8 Å². The molecule has 0 spiro atoms. The third-order valence-corrected chi connectivity index (χ3v) is 5.52. The monoisotopic (exact) mass is 548 g/mol. The van der Waals surface area contributed by atoms with Gasteiger partial charge in [-0.25, -0.2) is 14.8 Å². The minimum absolute atomic E-state index is 0.0224. The van der Waals surface area contributed by atoms with E-state index in [1.54, 1.807) is 6.07 Å². The standard InChI is InChI=1S/C25H23F3N4O7/c1-2-15-12-16(5-6-17(15)24(35)37-11-10-36-20(34)4-3-9-33)39-23-22-30-13-19(32(22)8-7-29-23)18-14-38-31-21(18)25(26,27)28/h5-8,12-14,33H,2-4,9-11H2,1H3. The van der Waals surface area contributed by atoms with Gasteiger partial charge in [-0.3, -0.25) is 9.20 Å². The molecule has 3 heterocycles. The van der Waals surface area contributed by atoms with E-state index in [9.17, 15) is 22.8 Å². The van der Waals surface area contributed by atoms with Crippen molar-refractivity contribution in [2.24, 2.45) is 0 Å². The number of hydrogen-bond acceptors (Lipinski definition) is 10. The molecule has 0 atom stereocenters. The third kappa shape index (κ3) is 6.34. The van der Waals surface area contributed by atoms with Crippen LogP contribution < -0.4 is 4.74 Å². The van der Waals surface area contributed by atoms with Gasteiger partial charge in [0.1, 0.15) is 25.2 Å². The Balaban J connectivity index is 1.48. The molecular weight excluding hydrogens is 525 g/mol. The van der Waals surface area contributed by atoms with Gasteiger partial charge in [-0.2, -0.15) is 13.2 Å². The van der Waals surface area contributed by atoms with Crippen LogP contribution in [0.5, 0.6) is 11.6 Å². The van der Waals surface area contributed by atoms with E-state index < -0.39 is 23.8 Å². The molecule has 0 aliphatic rings. The number of nitrogens with zero attached hydrogens (tertiary/aromatic N) is 4. The van der Waals surface area contributed by atoms with E-state index in [0.717, 1.165) is 6.26 Å². The summed E-state index contributed by atoms with van der Waals surface area (Å²) in [7, 11) is 0. The molecule has 0 saturated carbocycles. The number of aliphatic hydroxyl groups excluding tert-OH is 1. The second kappa shape index (κ2) is 11.9. The summed E-state index contributed by atoms with van der Waals surface area (Å²) >= 11 is 0. The second-order valence-corrected chi connectivity index (χ2v) is 8.10. The molecule has 1 N–H and O–H groups in total. The number of ether oxygens (including phenoxy) is 3. The van der Waals surface area contributed by atoms with Crippen molar-refractivity contribution in [3.63, 3.8) is 0 Å². The predicted molar refractivity (Wildman–Crippen MR) is 127 cm³/mol. The lowest BCUT2D eigenvalue weighted by Crippen LogP contribution is -2.15. The number of aliphatic hydroxyl groups is 1. The van der Waals surface area contributed by atoms with Gasteiger partial charge in [-0.15, -0.1) is 0 Å². The smallest absolute Gasteiger partial charge is 0.437 e. The number of rotatable bonds is 11. The van der Waals surface area contributed by atoms with Gasteiger partial charge in [-0.1, -0.05) is 12.1 Å². The second-order valence-electron chi connectivity index (χ2n) is 8.10. The largest absolute Gasteiger partial charge is 0.462 e. The first-order valence-corrected chi connectivity index (χ1v) is 11.8. The fourth-order valence-corrected chi connectivity index (χ4v) is 3.69. The van der Waals surface area contributed by atoms with E-state index in [1.165, 1.54) is 35.1 Å². The summed E-state index contributed by atoms with van der Waals surface area (Å²) in [5, 5.41) is 11.8. The van der Waals surface area contributed by atoms with Crippen LogP contribution in [0.4, 0.5) is 13.2 Å². The number of hydrogen-bond donors (Lipinski definition) is 1. The van der Waals surface area contributed by atoms with Crippen molar-refractivity contribution in [2.75, 3.05) is 19.8 Å². The lowest BCUT2D eigenvalue weighted by atomic mass is 10.1. The first kappa shape index (κ1) is 27.6. The van der Waals surface area contributed by atoms with Crippen molar-refractivity contribution in [1.29, 1.82) is 0 Å². The van der Waals surface area contributed by atoms with Gasteiger partial charge >= 0.3 is 18.1 Å². The van der Waals surface area contributed by atoms with Crippen LogP contribution in [-0.2, 0) is 26.9 Å². The van der Waals surface area contributed by atoms with Gasteiger partial charge in [0.2, 0.25) is 5.65 Å². The van der Waals surface area contributed by atoms with Gasteiger partial charge in [0.05, 0.1) is 23.0 Å². The zero-order chi connectivity index (χ0) is 28.0. The number of imidazole rings is 1. The maximum Gasteiger partial charge on any atom is 0.437 e. The maximum atomic E-state index is 13.3. The van der Waals surface area contributed by atoms with Crippen molar-refractivity contribution in [2.45, 2.75) is 32.4 Å². The fourth-order valence-electron chi connectivity index (χ4n) is 3.69. The summed E-state index contributed by atoms with van der Waals surface area (Å²) < 4.78 is 61.8. The normalized spacial score (nSPS) is 11.5. The Hall–Kier alpha value is -4.46. The van der Waals surface area contributed by atoms with Gasteiger partial charge in [0.25, 0.3) is 5.88 Å². The van der Waals surface area contributed by atoms with E-state index in [0.29, 0.717) is 24.2 Å². The lowest BCUT2D eigenvalue weighted by Gasteiger charge is -2.12. The minimum Gasteiger partial charge on any atom is -0.462 e. The molecule has 39 heavy (non-hydrogen) atoms. The highest BCUT2D eigenvalue weighted by Gasteiger charge is 2.38. The predicted octanol–water partition coefficient (Wildman–Crippen LogP) is 4.23. The van der Waals surface area contributed by atoms with Crippen molar-refractivity contribution < 1.29 is 46.6 Å². The van der Waals surface area contributed by atoms with E-state index in [-0.39, 0.29) is 54.6 Å². The van der Waals surface area contributed by atoms with Crippen LogP contribution in [0, 0.1) is 0 Å². The fraction of sp³-hybridized carbons (Fsp3) is 0.320. The summed E-state index contributed by atoms with van der Waals surface area (Å²) in [6.07, 6.45) is 0.991. The number of carbonyl (C=O) groups is 2. The molecule has 3 aromatic heterocycles. The van der Waals surface area contributed by atoms with Gasteiger partial charge in [-0.05, 0) is 36.6 Å². The zero-order valence-corrected chi connectivity index (χ0v) is 20.6. The maximum absolute atomic E-state index is 13.3. The highest BCUT2D eigenvalue weighted by molar-refractivity contribution is 5.91. The Bertz CT molecular complexity index is 1470. The summed E-state index contributed by atoms with van der Waals surface area (Å²) in [5.74, 6) is -0.773. The highest BCUT2D eigenvalue weighted by Crippen LogP contribution is 2.37. The van der Waals surface area contributed by atoms with Crippen molar-refractivity contribution in [1.82, 2.24) is 19.5 Å². The Morgan fingerprint density at radius 2 is 1.95 bits per heavy atom. The van der Waals surface area contributed by atoms with Gasteiger partial charge in [0, 0.05) is 25.4 Å². The Morgan fingerprint density at radius 1 is 1.15 bits per heavy atom. The number of esters is 2. The molecule has 0 bridgehead atoms. The number of benzene rings is 1. The van der Waals surface area contributed by atoms with Crippen molar-refractivity contribution >= 4 is 17.6 Å². The van der Waals surface area contributed by atoms with E-state index in [2.05, 4.69) is 19.6 Å². The van der Waals surface area contributed by atoms with Crippen LogP contribution in [0.15, 0.2) is 47.6 Å². The summed E-state index contributed by atoms with van der Waals surface area (Å²) in [6, 6.07) is 4.64. The van der Waals surface area contributed by atoms with E-state index in [4.69, 9.17) is 19.3 Å². The zero-order valence-electron chi connectivity index (χ0n) is 20.6. The van der Waals surface area contributed by atoms with Crippen LogP contribution >= 0.6 is 0 Å². The van der Waals surface area contributed by atoms with Crippen LogP contribution in [0.3, 0.4) is 0 Å². The lowest BCUT2D eigenvalue weighted by molar-refractivity contribution is -0.145. The first-order valence-electron chi connectivity index (χ1n) is 11.8. The van der Waals surface area contributed by atoms with Crippen molar-refractivity contribution in [3.8, 4) is 22.9 Å². The number of aryl methyl sites for hydroxylation is 1. The van der Waals surface area contributed by atoms with Crippen LogP contribution in [0.1, 0.15) is 41.4 Å². The van der Waals surface area contributed by atoms with Crippen LogP contribution in [0.2, 0.25) is 0 Å². The Labute approximate surface area is 219 Å². The summed E-state index contributed by atoms with van der Waals surface area (Å²) in [4.78, 5) is 32.3. The number of alkyl halides is 3. The Kier molecular flexibility index (Phi) is 8.44. The third-order valence-electron chi connectivity index (χ3n) is 5.52. The average molecular weight is 548 g/mol. The number of fused-ring (bicyclic) bond motifs is 1. The molecule has 206 valence electrons. The molecule has 0 unspecified atom stereocenters. The number of aromatic nitrogens is 4. The molecule has 0 saturated heterocycles. The number of halogens is 3. The molecular formula is C25H23F3N4O7. The number of carbonyl (C=O) groups excluding carboxylic acids is 2. The van der Waals surface area contributed by atoms with Crippen LogP contribution in [0.25, 0.3) is 16.9 Å². The average Bonchev–Trinajstić information content (AvgIpc) is 3.57. The molecule has 0 aliphatic heterocycles. The Morgan fingerprint density at radius 3 is 2.69 bits per heavy atom. The summed E-state index contributed by atoms with van der Waals surface area (Å²) in [5.41, 5.74) is -0.346. The molecule has 0 radical (unpaired) electrons. The molecule has 4 rings (SSSR count).